The van der Waals surface area contributed by atoms with Crippen LogP contribution < -0.4 is 0 Å². The highest BCUT2D eigenvalue weighted by Crippen LogP contribution is 2.67. The molecule has 0 aromatic heterocycles. The van der Waals surface area contributed by atoms with Crippen molar-refractivity contribution in [2.24, 2.45) is 28.6 Å². The molecule has 0 heterocycles. The molecule has 8 unspecified atom stereocenters. The van der Waals surface area contributed by atoms with Gasteiger partial charge in [0.05, 0.1) is 11.0 Å². The molecule has 5 heteroatoms. The Morgan fingerprint density at radius 3 is 2.62 bits per heavy atom. The van der Waals surface area contributed by atoms with Crippen molar-refractivity contribution in [3.63, 3.8) is 0 Å². The standard InChI is InChI=1S/C21H31ClO4/c1-12(23)26-13-6-9-20(3)16-7-8-19(2)15(4-5-18(19)24)14(16)10-17(22)21(20,25)11-13/h13-17,25H,4-11H2,1-3H3. The van der Waals surface area contributed by atoms with E-state index in [4.69, 9.17) is 16.3 Å². The van der Waals surface area contributed by atoms with Gasteiger partial charge in [0, 0.05) is 30.6 Å². The lowest BCUT2D eigenvalue weighted by Crippen LogP contribution is -2.67. The van der Waals surface area contributed by atoms with Crippen LogP contribution in [-0.4, -0.2) is 33.9 Å². The molecule has 0 radical (unpaired) electrons. The summed E-state index contributed by atoms with van der Waals surface area (Å²) in [6.45, 7) is 5.78. The third-order valence-corrected chi connectivity index (χ3v) is 9.35. The van der Waals surface area contributed by atoms with E-state index in [-0.39, 0.29) is 28.3 Å². The largest absolute Gasteiger partial charge is 0.462 e. The smallest absolute Gasteiger partial charge is 0.302 e. The second-order valence-corrected chi connectivity index (χ2v) is 10.3. The van der Waals surface area contributed by atoms with Crippen molar-refractivity contribution in [3.05, 3.63) is 0 Å². The molecule has 4 aliphatic carbocycles. The summed E-state index contributed by atoms with van der Waals surface area (Å²) < 4.78 is 5.43. The van der Waals surface area contributed by atoms with E-state index < -0.39 is 5.60 Å². The van der Waals surface area contributed by atoms with Crippen LogP contribution in [0, 0.1) is 28.6 Å². The van der Waals surface area contributed by atoms with E-state index in [0.717, 1.165) is 38.5 Å². The summed E-state index contributed by atoms with van der Waals surface area (Å²) in [5, 5.41) is 11.4. The molecule has 4 fully saturated rings. The monoisotopic (exact) mass is 382 g/mol. The molecule has 0 saturated heterocycles. The molecule has 0 amide bonds. The number of ether oxygens (including phenoxy) is 1. The molecule has 1 N–H and O–H groups in total. The van der Waals surface area contributed by atoms with E-state index in [1.165, 1.54) is 6.92 Å². The zero-order chi connectivity index (χ0) is 18.9. The summed E-state index contributed by atoms with van der Waals surface area (Å²) in [5.74, 6) is 1.35. The molecule has 0 aromatic carbocycles. The Bertz CT molecular complexity index is 636. The van der Waals surface area contributed by atoms with Crippen molar-refractivity contribution in [1.82, 2.24) is 0 Å². The maximum atomic E-state index is 12.5. The Morgan fingerprint density at radius 1 is 1.19 bits per heavy atom. The fourth-order valence-electron chi connectivity index (χ4n) is 7.30. The summed E-state index contributed by atoms with van der Waals surface area (Å²) in [5.41, 5.74) is -1.46. The van der Waals surface area contributed by atoms with Gasteiger partial charge in [0.25, 0.3) is 0 Å². The number of rotatable bonds is 1. The lowest BCUT2D eigenvalue weighted by atomic mass is 9.43. The van der Waals surface area contributed by atoms with Crippen LogP contribution in [0.4, 0.5) is 0 Å². The minimum atomic E-state index is -1.01. The van der Waals surface area contributed by atoms with Gasteiger partial charge in [-0.25, -0.2) is 0 Å². The highest BCUT2D eigenvalue weighted by atomic mass is 35.5. The van der Waals surface area contributed by atoms with Crippen LogP contribution in [0.25, 0.3) is 0 Å². The van der Waals surface area contributed by atoms with E-state index in [2.05, 4.69) is 13.8 Å². The average molecular weight is 383 g/mol. The Morgan fingerprint density at radius 2 is 1.92 bits per heavy atom. The Kier molecular flexibility index (Phi) is 4.28. The lowest BCUT2D eigenvalue weighted by molar-refractivity contribution is -0.219. The summed E-state index contributed by atoms with van der Waals surface area (Å²) in [7, 11) is 0. The first-order valence-electron chi connectivity index (χ1n) is 10.2. The molecule has 146 valence electrons. The van der Waals surface area contributed by atoms with Crippen LogP contribution in [-0.2, 0) is 14.3 Å². The number of fused-ring (bicyclic) bond motifs is 5. The van der Waals surface area contributed by atoms with Crippen molar-refractivity contribution < 1.29 is 19.4 Å². The van der Waals surface area contributed by atoms with Gasteiger partial charge in [-0.05, 0) is 56.3 Å². The van der Waals surface area contributed by atoms with Crippen molar-refractivity contribution in [3.8, 4) is 0 Å². The number of ketones is 1. The summed E-state index contributed by atoms with van der Waals surface area (Å²) in [4.78, 5) is 23.9. The fourth-order valence-corrected chi connectivity index (χ4v) is 7.84. The molecule has 4 aliphatic rings. The number of carbonyl (C=O) groups is 2. The van der Waals surface area contributed by atoms with E-state index in [1.54, 1.807) is 0 Å². The fraction of sp³-hybridized carbons (Fsp3) is 0.905. The van der Waals surface area contributed by atoms with Gasteiger partial charge in [-0.15, -0.1) is 11.6 Å². The van der Waals surface area contributed by atoms with Gasteiger partial charge in [0.1, 0.15) is 11.9 Å². The molecule has 4 saturated carbocycles. The molecule has 26 heavy (non-hydrogen) atoms. The number of aliphatic hydroxyl groups is 1. The van der Waals surface area contributed by atoms with Gasteiger partial charge in [-0.1, -0.05) is 13.8 Å². The Labute approximate surface area is 161 Å². The molecular weight excluding hydrogens is 352 g/mol. The Hall–Kier alpha value is -0.610. The molecule has 0 bridgehead atoms. The zero-order valence-electron chi connectivity index (χ0n) is 16.1. The van der Waals surface area contributed by atoms with E-state index >= 15 is 0 Å². The summed E-state index contributed by atoms with van der Waals surface area (Å²) >= 11 is 6.84. The summed E-state index contributed by atoms with van der Waals surface area (Å²) in [6.07, 6.45) is 6.16. The van der Waals surface area contributed by atoms with Gasteiger partial charge in [-0.2, -0.15) is 0 Å². The third kappa shape index (κ3) is 2.37. The average Bonchev–Trinajstić information content (AvgIpc) is 2.86. The van der Waals surface area contributed by atoms with Gasteiger partial charge in [0.2, 0.25) is 0 Å². The van der Waals surface area contributed by atoms with Crippen LogP contribution >= 0.6 is 11.6 Å². The second-order valence-electron chi connectivity index (χ2n) is 9.81. The molecule has 0 aromatic rings. The van der Waals surface area contributed by atoms with Gasteiger partial charge < -0.3 is 9.84 Å². The molecule has 4 rings (SSSR count). The van der Waals surface area contributed by atoms with Gasteiger partial charge >= 0.3 is 5.97 Å². The first-order chi connectivity index (χ1) is 12.1. The molecule has 0 spiro atoms. The van der Waals surface area contributed by atoms with Crippen molar-refractivity contribution in [2.45, 2.75) is 89.2 Å². The minimum absolute atomic E-state index is 0.182. The second kappa shape index (κ2) is 5.94. The number of esters is 1. The predicted molar refractivity (Wildman–Crippen MR) is 98.8 cm³/mol. The third-order valence-electron chi connectivity index (χ3n) is 8.81. The minimum Gasteiger partial charge on any atom is -0.462 e. The SMILES string of the molecule is CC(=O)OC1CCC2(C)C3CCC4(C)C(=O)CCC4C3CC(Cl)C2(O)C1. The highest BCUT2D eigenvalue weighted by molar-refractivity contribution is 6.21. The van der Waals surface area contributed by atoms with E-state index in [0.29, 0.717) is 36.4 Å². The summed E-state index contributed by atoms with van der Waals surface area (Å²) in [6, 6.07) is 0. The molecule has 8 atom stereocenters. The van der Waals surface area contributed by atoms with Gasteiger partial charge in [-0.3, -0.25) is 9.59 Å². The van der Waals surface area contributed by atoms with Crippen LogP contribution in [0.5, 0.6) is 0 Å². The van der Waals surface area contributed by atoms with E-state index in [1.807, 2.05) is 0 Å². The lowest BCUT2D eigenvalue weighted by Gasteiger charge is -2.64. The zero-order valence-corrected chi connectivity index (χ0v) is 16.8. The number of hydrogen-bond acceptors (Lipinski definition) is 4. The maximum Gasteiger partial charge on any atom is 0.302 e. The maximum absolute atomic E-state index is 12.5. The predicted octanol–water partition coefficient (Wildman–Crippen LogP) is 3.86. The van der Waals surface area contributed by atoms with Gasteiger partial charge in [0.15, 0.2) is 0 Å². The number of hydrogen-bond donors (Lipinski definition) is 1. The molecule has 4 nitrogen and oxygen atoms in total. The van der Waals surface area contributed by atoms with Crippen molar-refractivity contribution in [1.29, 1.82) is 0 Å². The van der Waals surface area contributed by atoms with Crippen molar-refractivity contribution in [2.75, 3.05) is 0 Å². The molecule has 0 aliphatic heterocycles. The number of Topliss-reactive ketones (excluding diaryl/α,β-unsaturated/α-hetero) is 1. The first-order valence-corrected chi connectivity index (χ1v) is 10.6. The first kappa shape index (κ1) is 18.7. The van der Waals surface area contributed by atoms with E-state index in [9.17, 15) is 14.7 Å². The number of carbonyl (C=O) groups excluding carboxylic acids is 2. The number of alkyl halides is 1. The normalized spacial score (nSPS) is 53.4. The number of halogens is 1. The van der Waals surface area contributed by atoms with Crippen molar-refractivity contribution >= 4 is 23.4 Å². The highest BCUT2D eigenvalue weighted by Gasteiger charge is 2.67. The van der Waals surface area contributed by atoms with Crippen LogP contribution in [0.3, 0.4) is 0 Å². The van der Waals surface area contributed by atoms with Crippen LogP contribution in [0.15, 0.2) is 0 Å². The Balaban J connectivity index is 1.65. The quantitative estimate of drug-likeness (QED) is 0.552. The van der Waals surface area contributed by atoms with Crippen LogP contribution in [0.2, 0.25) is 0 Å². The topological polar surface area (TPSA) is 63.6 Å². The molecular formula is C21H31ClO4. The van der Waals surface area contributed by atoms with Crippen LogP contribution in [0.1, 0.15) is 72.1 Å².